The molecule has 0 fully saturated rings. The largest absolute Gasteiger partial charge is 0.405 e. The zero-order chi connectivity index (χ0) is 13.1. The molecule has 0 bridgehead atoms. The monoisotopic (exact) mass is 267 g/mol. The number of thiazole rings is 1. The van der Waals surface area contributed by atoms with Crippen molar-refractivity contribution in [2.75, 3.05) is 25.5 Å². The summed E-state index contributed by atoms with van der Waals surface area (Å²) in [7, 11) is 3.22. The molecule has 98 valence electrons. The fourth-order valence-electron chi connectivity index (χ4n) is 1.44. The first-order chi connectivity index (χ1) is 7.87. The van der Waals surface area contributed by atoms with E-state index in [9.17, 15) is 13.2 Å². The summed E-state index contributed by atoms with van der Waals surface area (Å²) in [5.41, 5.74) is 0.869. The van der Waals surface area contributed by atoms with Crippen LogP contribution in [0.4, 0.5) is 18.3 Å². The molecule has 0 radical (unpaired) electrons. The molecule has 1 rings (SSSR count). The van der Waals surface area contributed by atoms with Crippen molar-refractivity contribution >= 4 is 16.5 Å². The van der Waals surface area contributed by atoms with E-state index in [0.717, 1.165) is 21.9 Å². The summed E-state index contributed by atoms with van der Waals surface area (Å²) in [6, 6.07) is 0. The maximum absolute atomic E-state index is 12.3. The second kappa shape index (κ2) is 5.68. The van der Waals surface area contributed by atoms with Gasteiger partial charge in [0.25, 0.3) is 0 Å². The molecule has 1 heterocycles. The van der Waals surface area contributed by atoms with Crippen molar-refractivity contribution in [2.45, 2.75) is 26.1 Å². The number of anilines is 1. The van der Waals surface area contributed by atoms with Gasteiger partial charge in [0.15, 0.2) is 5.13 Å². The molecule has 0 unspecified atom stereocenters. The average Bonchev–Trinajstić information content (AvgIpc) is 2.59. The summed E-state index contributed by atoms with van der Waals surface area (Å²) in [5, 5.41) is 3.41. The molecular formula is C10H16F3N3S. The summed E-state index contributed by atoms with van der Waals surface area (Å²) < 4.78 is 36.8. The Balaban J connectivity index is 2.83. The van der Waals surface area contributed by atoms with Crippen LogP contribution in [0, 0.1) is 0 Å². The molecule has 3 nitrogen and oxygen atoms in total. The molecule has 0 aliphatic heterocycles. The van der Waals surface area contributed by atoms with Crippen molar-refractivity contribution in [3.8, 4) is 0 Å². The molecule has 1 aromatic heterocycles. The lowest BCUT2D eigenvalue weighted by molar-refractivity contribution is -0.119. The molecule has 7 heteroatoms. The Morgan fingerprint density at radius 2 is 2.06 bits per heavy atom. The number of nitrogens with one attached hydrogen (secondary N) is 1. The normalized spacial score (nSPS) is 11.9. The fraction of sp³-hybridized carbons (Fsp3) is 0.700. The van der Waals surface area contributed by atoms with E-state index in [2.05, 4.69) is 10.3 Å². The van der Waals surface area contributed by atoms with Crippen LogP contribution in [0.2, 0.25) is 0 Å². The molecule has 0 aliphatic rings. The zero-order valence-electron chi connectivity index (χ0n) is 10.1. The van der Waals surface area contributed by atoms with Crippen LogP contribution in [0.3, 0.4) is 0 Å². The third-order valence-corrected chi connectivity index (χ3v) is 3.39. The number of alkyl halides is 3. The minimum absolute atomic E-state index is 0.421. The summed E-state index contributed by atoms with van der Waals surface area (Å²) in [6.45, 7) is 1.62. The molecule has 17 heavy (non-hydrogen) atoms. The second-order valence-electron chi connectivity index (χ2n) is 3.72. The summed E-state index contributed by atoms with van der Waals surface area (Å²) in [5.74, 6) is 0. The van der Waals surface area contributed by atoms with Gasteiger partial charge in [-0.3, -0.25) is 0 Å². The van der Waals surface area contributed by atoms with Gasteiger partial charge in [-0.05, 0) is 13.5 Å². The number of rotatable bonds is 5. The number of hydrogen-bond acceptors (Lipinski definition) is 4. The molecule has 0 atom stereocenters. The van der Waals surface area contributed by atoms with E-state index in [1.54, 1.807) is 7.05 Å². The molecule has 0 amide bonds. The molecule has 1 aromatic rings. The van der Waals surface area contributed by atoms with Gasteiger partial charge in [-0.15, -0.1) is 11.3 Å². The van der Waals surface area contributed by atoms with Crippen LogP contribution in [0.1, 0.15) is 17.5 Å². The minimum Gasteiger partial charge on any atom is -0.342 e. The highest BCUT2D eigenvalue weighted by Gasteiger charge is 2.30. The van der Waals surface area contributed by atoms with E-state index < -0.39 is 12.7 Å². The molecule has 0 saturated carbocycles. The van der Waals surface area contributed by atoms with Crippen molar-refractivity contribution in [3.05, 3.63) is 10.6 Å². The third-order valence-electron chi connectivity index (χ3n) is 2.18. The van der Waals surface area contributed by atoms with Gasteiger partial charge >= 0.3 is 6.18 Å². The molecule has 0 saturated heterocycles. The standard InChI is InChI=1S/C10H16F3N3S/c1-4-7-8(5-14-2)17-9(15-7)16(3)6-10(11,12)13/h14H,4-6H2,1-3H3. The maximum atomic E-state index is 12.3. The maximum Gasteiger partial charge on any atom is 0.405 e. The zero-order valence-corrected chi connectivity index (χ0v) is 10.9. The van der Waals surface area contributed by atoms with Crippen LogP contribution in [-0.2, 0) is 13.0 Å². The van der Waals surface area contributed by atoms with Crippen LogP contribution in [0.25, 0.3) is 0 Å². The highest BCUT2D eigenvalue weighted by Crippen LogP contribution is 2.28. The van der Waals surface area contributed by atoms with E-state index in [1.165, 1.54) is 18.4 Å². The highest BCUT2D eigenvalue weighted by molar-refractivity contribution is 7.15. The molecule has 0 aromatic carbocycles. The number of hydrogen-bond donors (Lipinski definition) is 1. The first-order valence-corrected chi connectivity index (χ1v) is 6.10. The van der Waals surface area contributed by atoms with E-state index in [4.69, 9.17) is 0 Å². The van der Waals surface area contributed by atoms with Gasteiger partial charge in [0.05, 0.1) is 5.69 Å². The lowest BCUT2D eigenvalue weighted by Gasteiger charge is -2.17. The van der Waals surface area contributed by atoms with Gasteiger partial charge in [-0.1, -0.05) is 6.92 Å². The topological polar surface area (TPSA) is 28.2 Å². The Labute approximate surface area is 103 Å². The number of nitrogens with zero attached hydrogens (tertiary/aromatic N) is 2. The van der Waals surface area contributed by atoms with Crippen LogP contribution in [0.5, 0.6) is 0 Å². The van der Waals surface area contributed by atoms with Gasteiger partial charge in [0.1, 0.15) is 6.54 Å². The smallest absolute Gasteiger partial charge is 0.342 e. The second-order valence-corrected chi connectivity index (χ2v) is 4.78. The van der Waals surface area contributed by atoms with Gasteiger partial charge in [-0.2, -0.15) is 13.2 Å². The first-order valence-electron chi connectivity index (χ1n) is 5.28. The lowest BCUT2D eigenvalue weighted by atomic mass is 10.3. The predicted molar refractivity (Wildman–Crippen MR) is 63.6 cm³/mol. The predicted octanol–water partition coefficient (Wildman–Crippen LogP) is 2.42. The van der Waals surface area contributed by atoms with Crippen molar-refractivity contribution in [3.63, 3.8) is 0 Å². The Hall–Kier alpha value is -0.820. The van der Waals surface area contributed by atoms with Gasteiger partial charge in [0, 0.05) is 18.5 Å². The fourth-order valence-corrected chi connectivity index (χ4v) is 2.57. The van der Waals surface area contributed by atoms with E-state index >= 15 is 0 Å². The minimum atomic E-state index is -4.20. The van der Waals surface area contributed by atoms with E-state index in [-0.39, 0.29) is 0 Å². The Bertz CT molecular complexity index is 362. The molecular weight excluding hydrogens is 251 g/mol. The molecule has 0 aliphatic carbocycles. The third kappa shape index (κ3) is 4.16. The van der Waals surface area contributed by atoms with Crippen molar-refractivity contribution in [1.82, 2.24) is 10.3 Å². The summed E-state index contributed by atoms with van der Waals surface area (Å²) in [6.07, 6.45) is -3.47. The first kappa shape index (κ1) is 14.2. The van der Waals surface area contributed by atoms with Gasteiger partial charge in [-0.25, -0.2) is 4.98 Å². The highest BCUT2D eigenvalue weighted by atomic mass is 32.1. The van der Waals surface area contributed by atoms with Crippen LogP contribution >= 0.6 is 11.3 Å². The van der Waals surface area contributed by atoms with E-state index in [1.807, 2.05) is 6.92 Å². The lowest BCUT2D eigenvalue weighted by Crippen LogP contribution is -2.30. The Morgan fingerprint density at radius 1 is 1.41 bits per heavy atom. The Kier molecular flexibility index (Phi) is 4.76. The van der Waals surface area contributed by atoms with Crippen LogP contribution < -0.4 is 10.2 Å². The average molecular weight is 267 g/mol. The molecule has 1 N–H and O–H groups in total. The van der Waals surface area contributed by atoms with Gasteiger partial charge < -0.3 is 10.2 Å². The van der Waals surface area contributed by atoms with Crippen molar-refractivity contribution in [2.24, 2.45) is 0 Å². The van der Waals surface area contributed by atoms with E-state index in [0.29, 0.717) is 11.7 Å². The number of aromatic nitrogens is 1. The number of aryl methyl sites for hydroxylation is 1. The van der Waals surface area contributed by atoms with Gasteiger partial charge in [0.2, 0.25) is 0 Å². The van der Waals surface area contributed by atoms with Crippen molar-refractivity contribution in [1.29, 1.82) is 0 Å². The quantitative estimate of drug-likeness (QED) is 0.888. The number of halogens is 3. The van der Waals surface area contributed by atoms with Crippen LogP contribution in [-0.4, -0.2) is 31.8 Å². The SMILES string of the molecule is CCc1nc(N(C)CC(F)(F)F)sc1CNC. The summed E-state index contributed by atoms with van der Waals surface area (Å²) in [4.78, 5) is 6.38. The Morgan fingerprint density at radius 3 is 2.53 bits per heavy atom. The van der Waals surface area contributed by atoms with Crippen molar-refractivity contribution < 1.29 is 13.2 Å². The van der Waals surface area contributed by atoms with Crippen LogP contribution in [0.15, 0.2) is 0 Å². The summed E-state index contributed by atoms with van der Waals surface area (Å²) >= 11 is 1.31. The molecule has 0 spiro atoms.